The molecule has 1 unspecified atom stereocenters. The molecule has 0 aliphatic carbocycles. The fourth-order valence-electron chi connectivity index (χ4n) is 10.4. The van der Waals surface area contributed by atoms with Gasteiger partial charge in [-0.05, 0) is 111 Å². The average Bonchev–Trinajstić information content (AvgIpc) is 3.84. The van der Waals surface area contributed by atoms with E-state index >= 15 is 4.39 Å². The first kappa shape index (κ1) is 39.1. The highest BCUT2D eigenvalue weighted by Crippen LogP contribution is 2.39. The lowest BCUT2D eigenvalue weighted by molar-refractivity contribution is -0.134. The Kier molecular flexibility index (Phi) is 10.8. The van der Waals surface area contributed by atoms with Gasteiger partial charge < -0.3 is 35.2 Å². The second-order valence-corrected chi connectivity index (χ2v) is 17.5. The van der Waals surface area contributed by atoms with E-state index in [1.165, 1.54) is 17.3 Å². The van der Waals surface area contributed by atoms with Gasteiger partial charge >= 0.3 is 6.03 Å². The van der Waals surface area contributed by atoms with Crippen molar-refractivity contribution in [1.82, 2.24) is 25.0 Å². The monoisotopic (exact) mass is 802 g/mol. The minimum Gasteiger partial charge on any atom is -0.372 e. The van der Waals surface area contributed by atoms with Gasteiger partial charge in [0.05, 0.1) is 28.7 Å². The number of nitrogens with two attached hydrogens (primary N) is 1. The van der Waals surface area contributed by atoms with Crippen LogP contribution in [0.1, 0.15) is 84.7 Å². The number of primary amides is 1. The molecular weight excluding hydrogens is 748 g/mol. The summed E-state index contributed by atoms with van der Waals surface area (Å²) >= 11 is 0. The number of carbonyl (C=O) groups is 4. The Morgan fingerprint density at radius 1 is 0.814 bits per heavy atom. The van der Waals surface area contributed by atoms with Crippen LogP contribution < -0.4 is 20.9 Å². The molecule has 2 atom stereocenters. The van der Waals surface area contributed by atoms with Crippen LogP contribution in [-0.2, 0) is 9.59 Å². The first-order valence-corrected chi connectivity index (χ1v) is 21.5. The van der Waals surface area contributed by atoms with Gasteiger partial charge in [-0.15, -0.1) is 0 Å². The number of rotatable bonds is 9. The van der Waals surface area contributed by atoms with Crippen molar-refractivity contribution in [3.8, 4) is 11.3 Å². The largest absolute Gasteiger partial charge is 0.372 e. The number of carbonyl (C=O) groups excluding carboxylic acids is 4. The van der Waals surface area contributed by atoms with E-state index in [1.54, 1.807) is 4.90 Å². The number of nitrogens with zero attached hydrogens (tertiary/aromatic N) is 5. The average molecular weight is 803 g/mol. The van der Waals surface area contributed by atoms with Crippen molar-refractivity contribution in [2.75, 3.05) is 75.8 Å². The van der Waals surface area contributed by atoms with Gasteiger partial charge in [0, 0.05) is 76.0 Å². The SMILES string of the molecule is CN1CCN([C@@H]2CCCN(c3c(F)cc(C(N)=O)c4[nH]c(-c5ccc(C6CCN(CC7CCN(c8ccc(C9CCC(=O)NC9=O)cc8)CC7)CC6)cc5)cc34)C2)C1=O. The maximum Gasteiger partial charge on any atom is 0.320 e. The maximum absolute atomic E-state index is 16.0. The highest BCUT2D eigenvalue weighted by Gasteiger charge is 2.36. The number of urea groups is 1. The Morgan fingerprint density at radius 3 is 2.22 bits per heavy atom. The van der Waals surface area contributed by atoms with E-state index in [0.717, 1.165) is 88.1 Å². The lowest BCUT2D eigenvalue weighted by atomic mass is 9.87. The number of likely N-dealkylation sites (tertiary alicyclic amines) is 1. The summed E-state index contributed by atoms with van der Waals surface area (Å²) in [4.78, 5) is 63.4. The number of benzene rings is 3. The van der Waals surface area contributed by atoms with Crippen molar-refractivity contribution >= 4 is 46.0 Å². The van der Waals surface area contributed by atoms with Crippen LogP contribution in [0, 0.1) is 11.7 Å². The molecule has 13 heteroatoms. The van der Waals surface area contributed by atoms with Crippen LogP contribution in [0.5, 0.6) is 0 Å². The zero-order valence-corrected chi connectivity index (χ0v) is 33.9. The van der Waals surface area contributed by atoms with Crippen molar-refractivity contribution in [1.29, 1.82) is 0 Å². The van der Waals surface area contributed by atoms with E-state index in [4.69, 9.17) is 5.73 Å². The standard InChI is InChI=1S/C46H55FN8O4/c1-51-23-24-55(46(51)59)35-3-2-18-54(28-35)43-37-26-40(49-42(37)38(44(48)57)25-39(43)47)33-6-4-30(5-7-33)31-16-19-52(20-17-31)27-29-14-21-53(22-15-29)34-10-8-32(9-11-34)36-12-13-41(56)50-45(36)58/h4-11,25-26,29,31,35-36,49H,2-3,12-24,27-28H2,1H3,(H2,48,57)(H,50,56,58)/t35-,36?/m1/s1. The lowest BCUT2D eigenvalue weighted by Crippen LogP contribution is -2.49. The fourth-order valence-corrected chi connectivity index (χ4v) is 10.4. The topological polar surface area (TPSA) is 138 Å². The summed E-state index contributed by atoms with van der Waals surface area (Å²) in [5.74, 6) is -0.617. The zero-order chi connectivity index (χ0) is 40.8. The number of H-pyrrole nitrogens is 1. The minimum atomic E-state index is -0.682. The number of fused-ring (bicyclic) bond motifs is 1. The second kappa shape index (κ2) is 16.3. The maximum atomic E-state index is 16.0. The van der Waals surface area contributed by atoms with Crippen LogP contribution in [-0.4, -0.2) is 115 Å². The number of imide groups is 1. The Bertz CT molecular complexity index is 2230. The highest BCUT2D eigenvalue weighted by molar-refractivity contribution is 6.10. The molecule has 310 valence electrons. The molecule has 1 aromatic heterocycles. The van der Waals surface area contributed by atoms with Gasteiger partial charge in [-0.2, -0.15) is 0 Å². The molecule has 4 N–H and O–H groups in total. The molecule has 5 amide bonds. The van der Waals surface area contributed by atoms with E-state index in [1.807, 2.05) is 35.0 Å². The van der Waals surface area contributed by atoms with Crippen LogP contribution in [0.3, 0.4) is 0 Å². The first-order valence-electron chi connectivity index (χ1n) is 21.5. The summed E-state index contributed by atoms with van der Waals surface area (Å²) in [6, 6.07) is 20.2. The van der Waals surface area contributed by atoms with Gasteiger partial charge in [-0.1, -0.05) is 36.4 Å². The molecule has 0 spiro atoms. The number of aromatic amines is 1. The number of aromatic nitrogens is 1. The van der Waals surface area contributed by atoms with Crippen LogP contribution in [0.4, 0.5) is 20.6 Å². The van der Waals surface area contributed by atoms with E-state index in [2.05, 4.69) is 56.5 Å². The number of amides is 5. The van der Waals surface area contributed by atoms with Crippen molar-refractivity contribution in [3.05, 3.63) is 83.2 Å². The number of halogens is 1. The number of hydrogen-bond donors (Lipinski definition) is 3. The van der Waals surface area contributed by atoms with Crippen molar-refractivity contribution in [3.63, 3.8) is 0 Å². The summed E-state index contributed by atoms with van der Waals surface area (Å²) in [7, 11) is 1.82. The van der Waals surface area contributed by atoms with Crippen LogP contribution >= 0.6 is 0 Å². The van der Waals surface area contributed by atoms with E-state index < -0.39 is 11.7 Å². The molecule has 5 aliphatic heterocycles. The molecule has 0 radical (unpaired) electrons. The first-order chi connectivity index (χ1) is 28.6. The predicted molar refractivity (Wildman–Crippen MR) is 227 cm³/mol. The summed E-state index contributed by atoms with van der Waals surface area (Å²) in [6.07, 6.45) is 7.23. The summed E-state index contributed by atoms with van der Waals surface area (Å²) < 4.78 is 16.0. The van der Waals surface area contributed by atoms with E-state index in [-0.39, 0.29) is 35.4 Å². The van der Waals surface area contributed by atoms with Gasteiger partial charge in [0.25, 0.3) is 5.91 Å². The third-order valence-electron chi connectivity index (χ3n) is 13.8. The molecule has 0 bridgehead atoms. The van der Waals surface area contributed by atoms with Crippen LogP contribution in [0.25, 0.3) is 22.2 Å². The van der Waals surface area contributed by atoms with Gasteiger partial charge in [-0.3, -0.25) is 19.7 Å². The molecule has 0 saturated carbocycles. The Hall–Kier alpha value is -5.43. The molecule has 12 nitrogen and oxygen atoms in total. The van der Waals surface area contributed by atoms with Gasteiger partial charge in [0.2, 0.25) is 11.8 Å². The van der Waals surface area contributed by atoms with Crippen LogP contribution in [0.15, 0.2) is 60.7 Å². The zero-order valence-electron chi connectivity index (χ0n) is 33.9. The van der Waals surface area contributed by atoms with Crippen molar-refractivity contribution < 1.29 is 23.6 Å². The number of likely N-dealkylation sites (N-methyl/N-ethyl adjacent to an activating group) is 1. The molecule has 59 heavy (non-hydrogen) atoms. The number of hydrogen-bond acceptors (Lipinski definition) is 7. The predicted octanol–water partition coefficient (Wildman–Crippen LogP) is 6.03. The quantitative estimate of drug-likeness (QED) is 0.176. The lowest BCUT2D eigenvalue weighted by Gasteiger charge is -2.39. The van der Waals surface area contributed by atoms with E-state index in [9.17, 15) is 19.2 Å². The Balaban J connectivity index is 0.802. The van der Waals surface area contributed by atoms with E-state index in [0.29, 0.717) is 67.4 Å². The molecular formula is C46H55FN8O4. The Morgan fingerprint density at radius 2 is 1.54 bits per heavy atom. The smallest absolute Gasteiger partial charge is 0.320 e. The van der Waals surface area contributed by atoms with Gasteiger partial charge in [0.15, 0.2) is 0 Å². The molecule has 5 saturated heterocycles. The number of piperidine rings is 4. The molecule has 4 aromatic rings. The number of nitrogens with one attached hydrogen (secondary N) is 2. The highest BCUT2D eigenvalue weighted by atomic mass is 19.1. The summed E-state index contributed by atoms with van der Waals surface area (Å²) in [5.41, 5.74) is 12.1. The fraction of sp³-hybridized carbons (Fsp3) is 0.478. The van der Waals surface area contributed by atoms with Gasteiger partial charge in [-0.25, -0.2) is 9.18 Å². The molecule has 5 fully saturated rings. The summed E-state index contributed by atoms with van der Waals surface area (Å²) in [5, 5.41) is 3.09. The number of anilines is 2. The third-order valence-corrected chi connectivity index (χ3v) is 13.8. The molecule has 6 heterocycles. The molecule has 9 rings (SSSR count). The summed E-state index contributed by atoms with van der Waals surface area (Å²) in [6.45, 7) is 7.91. The molecule has 3 aromatic carbocycles. The normalized spacial score (nSPS) is 22.8. The van der Waals surface area contributed by atoms with Crippen LogP contribution in [0.2, 0.25) is 0 Å². The second-order valence-electron chi connectivity index (χ2n) is 17.5. The third kappa shape index (κ3) is 7.89. The van der Waals surface area contributed by atoms with Crippen molar-refractivity contribution in [2.24, 2.45) is 11.7 Å². The van der Waals surface area contributed by atoms with Gasteiger partial charge in [0.1, 0.15) is 5.82 Å². The molecule has 5 aliphatic rings. The Labute approximate surface area is 344 Å². The van der Waals surface area contributed by atoms with Crippen molar-refractivity contribution in [2.45, 2.75) is 69.2 Å². The minimum absolute atomic E-state index is 0.00541.